The fraction of sp³-hybridized carbons (Fsp3) is 0.235. The zero-order chi connectivity index (χ0) is 20.4. The molecule has 0 spiro atoms. The van der Waals surface area contributed by atoms with Crippen molar-refractivity contribution in [2.24, 2.45) is 0 Å². The van der Waals surface area contributed by atoms with Crippen LogP contribution in [0.25, 0.3) is 0 Å². The van der Waals surface area contributed by atoms with Gasteiger partial charge < -0.3 is 4.74 Å². The van der Waals surface area contributed by atoms with Crippen LogP contribution in [-0.4, -0.2) is 33.0 Å². The average molecular weight is 413 g/mol. The van der Waals surface area contributed by atoms with E-state index in [1.165, 1.54) is 44.3 Å². The molecule has 0 fully saturated rings. The molecule has 2 rings (SSSR count). The maximum atomic E-state index is 13.0. The summed E-state index contributed by atoms with van der Waals surface area (Å²) in [5.41, 5.74) is 0.199. The molecule has 0 atom stereocenters. The summed E-state index contributed by atoms with van der Waals surface area (Å²) in [6.45, 7) is 3.31. The number of halogens is 1. The highest BCUT2D eigenvalue weighted by Crippen LogP contribution is 2.30. The summed E-state index contributed by atoms with van der Waals surface area (Å²) in [7, 11) is -2.83. The van der Waals surface area contributed by atoms with Crippen molar-refractivity contribution in [3.63, 3.8) is 0 Å². The van der Waals surface area contributed by atoms with Crippen molar-refractivity contribution in [2.75, 3.05) is 18.0 Å². The predicted octanol–water partition coefficient (Wildman–Crippen LogP) is 3.56. The number of nitrogens with zero attached hydrogens (tertiary/aromatic N) is 2. The molecule has 0 aliphatic carbocycles. The lowest BCUT2D eigenvalue weighted by Gasteiger charge is -2.21. The van der Waals surface area contributed by atoms with Gasteiger partial charge in [0, 0.05) is 19.2 Å². The summed E-state index contributed by atoms with van der Waals surface area (Å²) >= 11 is 6.00. The number of benzene rings is 2. The minimum absolute atomic E-state index is 0.0221. The van der Waals surface area contributed by atoms with Gasteiger partial charge in [-0.3, -0.25) is 14.4 Å². The molecular formula is C17H17ClN2O6S. The maximum Gasteiger partial charge on any atom is 0.339 e. The topological polar surface area (TPSA) is 107 Å². The van der Waals surface area contributed by atoms with Gasteiger partial charge in [-0.2, -0.15) is 0 Å². The number of ether oxygens (including phenoxy) is 1. The van der Waals surface area contributed by atoms with Gasteiger partial charge in [0.15, 0.2) is 0 Å². The lowest BCUT2D eigenvalue weighted by atomic mass is 10.2. The molecule has 144 valence electrons. The van der Waals surface area contributed by atoms with Crippen LogP contribution in [0.15, 0.2) is 41.3 Å². The first-order valence-electron chi connectivity index (χ1n) is 7.80. The van der Waals surface area contributed by atoms with Crippen LogP contribution in [0.3, 0.4) is 0 Å². The van der Waals surface area contributed by atoms with E-state index in [-0.39, 0.29) is 33.5 Å². The van der Waals surface area contributed by atoms with Crippen molar-refractivity contribution in [1.82, 2.24) is 0 Å². The fourth-order valence-electron chi connectivity index (χ4n) is 2.34. The molecule has 27 heavy (non-hydrogen) atoms. The van der Waals surface area contributed by atoms with E-state index in [2.05, 4.69) is 0 Å². The number of nitro benzene ring substituents is 1. The zero-order valence-electron chi connectivity index (χ0n) is 14.8. The molecule has 0 aromatic heterocycles. The minimum atomic E-state index is -4.11. The average Bonchev–Trinajstić information content (AvgIpc) is 2.61. The van der Waals surface area contributed by atoms with Crippen LogP contribution in [-0.2, 0) is 14.8 Å². The number of sulfonamides is 1. The standard InChI is InChI=1S/C17H17ClN2O6S/c1-4-26-17(21)14-9-12(7-8-15(14)18)19(3)27(24,25)16-10-13(20(22)23)6-5-11(16)2/h5-10H,4H2,1-3H3. The Morgan fingerprint density at radius 2 is 1.93 bits per heavy atom. The van der Waals surface area contributed by atoms with E-state index < -0.39 is 20.9 Å². The maximum absolute atomic E-state index is 13.0. The predicted molar refractivity (Wildman–Crippen MR) is 101 cm³/mol. The van der Waals surface area contributed by atoms with Gasteiger partial charge in [0.1, 0.15) is 0 Å². The van der Waals surface area contributed by atoms with Crippen LogP contribution in [0.1, 0.15) is 22.8 Å². The van der Waals surface area contributed by atoms with Gasteiger partial charge in [-0.15, -0.1) is 0 Å². The second kappa shape index (κ2) is 7.93. The molecule has 2 aromatic carbocycles. The molecule has 8 nitrogen and oxygen atoms in total. The molecule has 0 saturated carbocycles. The summed E-state index contributed by atoms with van der Waals surface area (Å²) in [5, 5.41) is 11.1. The number of non-ortho nitro benzene ring substituents is 1. The van der Waals surface area contributed by atoms with Crippen LogP contribution in [0, 0.1) is 17.0 Å². The molecule has 0 bridgehead atoms. The Balaban J connectivity index is 2.52. The van der Waals surface area contributed by atoms with E-state index in [9.17, 15) is 23.3 Å². The smallest absolute Gasteiger partial charge is 0.339 e. The Labute approximate surface area is 161 Å². The van der Waals surface area contributed by atoms with Crippen molar-refractivity contribution in [2.45, 2.75) is 18.7 Å². The van der Waals surface area contributed by atoms with Crippen LogP contribution in [0.5, 0.6) is 0 Å². The number of aryl methyl sites for hydroxylation is 1. The van der Waals surface area contributed by atoms with Crippen LogP contribution in [0.2, 0.25) is 5.02 Å². The fourth-order valence-corrected chi connectivity index (χ4v) is 3.97. The number of carbonyl (C=O) groups excluding carboxylic acids is 1. The Kier molecular flexibility index (Phi) is 6.07. The highest BCUT2D eigenvalue weighted by molar-refractivity contribution is 7.92. The lowest BCUT2D eigenvalue weighted by molar-refractivity contribution is -0.385. The number of anilines is 1. The highest BCUT2D eigenvalue weighted by Gasteiger charge is 2.26. The molecule has 10 heteroatoms. The first-order chi connectivity index (χ1) is 12.6. The molecule has 0 aliphatic rings. The molecule has 0 aliphatic heterocycles. The largest absolute Gasteiger partial charge is 0.462 e. The number of hydrogen-bond donors (Lipinski definition) is 0. The van der Waals surface area contributed by atoms with Crippen molar-refractivity contribution in [3.05, 3.63) is 62.7 Å². The van der Waals surface area contributed by atoms with Crippen molar-refractivity contribution < 1.29 is 22.9 Å². The number of rotatable bonds is 6. The molecule has 0 N–H and O–H groups in total. The third kappa shape index (κ3) is 4.20. The van der Waals surface area contributed by atoms with Gasteiger partial charge in [0.25, 0.3) is 15.7 Å². The van der Waals surface area contributed by atoms with Gasteiger partial charge in [-0.25, -0.2) is 13.2 Å². The molecular weight excluding hydrogens is 396 g/mol. The van der Waals surface area contributed by atoms with Crippen LogP contribution in [0.4, 0.5) is 11.4 Å². The second-order valence-corrected chi connectivity index (χ2v) is 7.91. The van der Waals surface area contributed by atoms with E-state index in [4.69, 9.17) is 16.3 Å². The Bertz CT molecular complexity index is 1010. The monoisotopic (exact) mass is 412 g/mol. The van der Waals surface area contributed by atoms with Crippen molar-refractivity contribution in [3.8, 4) is 0 Å². The third-order valence-corrected chi connectivity index (χ3v) is 6.09. The lowest BCUT2D eigenvalue weighted by Crippen LogP contribution is -2.27. The number of hydrogen-bond acceptors (Lipinski definition) is 6. The quantitative estimate of drug-likeness (QED) is 0.408. The van der Waals surface area contributed by atoms with Crippen molar-refractivity contribution in [1.29, 1.82) is 0 Å². The van der Waals surface area contributed by atoms with Crippen LogP contribution < -0.4 is 4.31 Å². The van der Waals surface area contributed by atoms with E-state index in [1.807, 2.05) is 0 Å². The third-order valence-electron chi connectivity index (χ3n) is 3.83. The Morgan fingerprint density at radius 1 is 1.26 bits per heavy atom. The van der Waals surface area contributed by atoms with Gasteiger partial charge in [-0.1, -0.05) is 17.7 Å². The number of esters is 1. The summed E-state index contributed by atoms with van der Waals surface area (Å²) in [6.07, 6.45) is 0. The Morgan fingerprint density at radius 3 is 2.52 bits per heavy atom. The minimum Gasteiger partial charge on any atom is -0.462 e. The van der Waals surface area contributed by atoms with Crippen molar-refractivity contribution >= 4 is 39.0 Å². The summed E-state index contributed by atoms with van der Waals surface area (Å²) in [6, 6.07) is 7.71. The first-order valence-corrected chi connectivity index (χ1v) is 9.62. The highest BCUT2D eigenvalue weighted by atomic mass is 35.5. The number of nitro groups is 1. The normalized spacial score (nSPS) is 11.1. The SMILES string of the molecule is CCOC(=O)c1cc(N(C)S(=O)(=O)c2cc([N+](=O)[O-])ccc2C)ccc1Cl. The van der Waals surface area contributed by atoms with Gasteiger partial charge in [0.2, 0.25) is 0 Å². The number of carbonyl (C=O) groups is 1. The molecule has 0 radical (unpaired) electrons. The Hall–Kier alpha value is -2.65. The summed E-state index contributed by atoms with van der Waals surface area (Å²) in [5.74, 6) is -0.679. The van der Waals surface area contributed by atoms with Gasteiger partial charge in [0.05, 0.1) is 32.7 Å². The summed E-state index contributed by atoms with van der Waals surface area (Å²) in [4.78, 5) is 22.1. The van der Waals surface area contributed by atoms with E-state index in [1.54, 1.807) is 6.92 Å². The van der Waals surface area contributed by atoms with E-state index in [0.717, 1.165) is 10.4 Å². The zero-order valence-corrected chi connectivity index (χ0v) is 16.4. The molecule has 0 amide bonds. The van der Waals surface area contributed by atoms with Gasteiger partial charge >= 0.3 is 5.97 Å². The van der Waals surface area contributed by atoms with E-state index in [0.29, 0.717) is 5.56 Å². The first kappa shape index (κ1) is 20.7. The molecule has 0 heterocycles. The van der Waals surface area contributed by atoms with Gasteiger partial charge in [-0.05, 0) is 37.6 Å². The summed E-state index contributed by atoms with van der Waals surface area (Å²) < 4.78 is 31.8. The molecule has 2 aromatic rings. The molecule has 0 saturated heterocycles. The second-order valence-electron chi connectivity index (χ2n) is 5.56. The molecule has 0 unspecified atom stereocenters. The van der Waals surface area contributed by atoms with E-state index >= 15 is 0 Å². The van der Waals surface area contributed by atoms with Crippen LogP contribution >= 0.6 is 11.6 Å².